The van der Waals surface area contributed by atoms with Crippen molar-refractivity contribution in [2.45, 2.75) is 12.6 Å². The van der Waals surface area contributed by atoms with Crippen molar-refractivity contribution >= 4 is 21.9 Å². The van der Waals surface area contributed by atoms with Gasteiger partial charge in [0.25, 0.3) is 0 Å². The number of hydrogen-bond acceptors (Lipinski definition) is 6. The highest BCUT2D eigenvalue weighted by molar-refractivity contribution is 9.09. The molecule has 0 radical (unpaired) electrons. The molecular formula is C7H12BrN5O3. The number of nitro groups is 1. The Bertz CT molecular complexity index is 345. The molecule has 0 saturated carbocycles. The molecule has 1 aromatic rings. The molecule has 0 saturated heterocycles. The van der Waals surface area contributed by atoms with Crippen LogP contribution in [0.1, 0.15) is 0 Å². The first-order valence-corrected chi connectivity index (χ1v) is 5.74. The molecule has 0 aromatic carbocycles. The van der Waals surface area contributed by atoms with Crippen molar-refractivity contribution in [2.75, 3.05) is 18.4 Å². The SMILES string of the molecule is O=[N+]([O-])c1ncn(CC(O)CNCCBr)n1. The van der Waals surface area contributed by atoms with Crippen molar-refractivity contribution in [3.05, 3.63) is 16.4 Å². The fraction of sp³-hybridized carbons (Fsp3) is 0.714. The summed E-state index contributed by atoms with van der Waals surface area (Å²) < 4.78 is 1.25. The molecule has 0 aliphatic carbocycles. The van der Waals surface area contributed by atoms with E-state index < -0.39 is 17.0 Å². The van der Waals surface area contributed by atoms with Crippen LogP contribution in [0, 0.1) is 10.1 Å². The zero-order chi connectivity index (χ0) is 12.0. The molecule has 2 N–H and O–H groups in total. The Morgan fingerprint density at radius 1 is 1.75 bits per heavy atom. The molecule has 90 valence electrons. The predicted molar refractivity (Wildman–Crippen MR) is 59.3 cm³/mol. The van der Waals surface area contributed by atoms with E-state index >= 15 is 0 Å². The summed E-state index contributed by atoms with van der Waals surface area (Å²) >= 11 is 3.24. The number of rotatable bonds is 7. The fourth-order valence-corrected chi connectivity index (χ4v) is 1.35. The van der Waals surface area contributed by atoms with Crippen molar-refractivity contribution in [3.8, 4) is 0 Å². The lowest BCUT2D eigenvalue weighted by molar-refractivity contribution is -0.394. The van der Waals surface area contributed by atoms with Crippen LogP contribution in [0.4, 0.5) is 5.95 Å². The van der Waals surface area contributed by atoms with E-state index in [2.05, 4.69) is 31.3 Å². The van der Waals surface area contributed by atoms with Gasteiger partial charge >= 0.3 is 5.95 Å². The Balaban J connectivity index is 2.37. The quantitative estimate of drug-likeness (QED) is 0.305. The molecule has 0 spiro atoms. The van der Waals surface area contributed by atoms with Crippen LogP contribution in [-0.2, 0) is 6.54 Å². The van der Waals surface area contributed by atoms with E-state index in [0.29, 0.717) is 6.54 Å². The van der Waals surface area contributed by atoms with Gasteiger partial charge in [0.2, 0.25) is 6.33 Å². The first-order valence-electron chi connectivity index (χ1n) is 4.62. The minimum Gasteiger partial charge on any atom is -0.390 e. The van der Waals surface area contributed by atoms with E-state index in [1.54, 1.807) is 0 Å². The molecule has 1 aromatic heterocycles. The summed E-state index contributed by atoms with van der Waals surface area (Å²) in [5, 5.41) is 27.2. The molecule has 1 heterocycles. The van der Waals surface area contributed by atoms with Crippen molar-refractivity contribution < 1.29 is 10.0 Å². The fourth-order valence-electron chi connectivity index (χ4n) is 1.07. The van der Waals surface area contributed by atoms with E-state index in [4.69, 9.17) is 0 Å². The van der Waals surface area contributed by atoms with Gasteiger partial charge in [-0.25, -0.2) is 0 Å². The molecule has 9 heteroatoms. The van der Waals surface area contributed by atoms with Crippen LogP contribution in [0.3, 0.4) is 0 Å². The first kappa shape index (κ1) is 13.0. The molecule has 1 unspecified atom stereocenters. The maximum Gasteiger partial charge on any atom is 0.490 e. The minimum atomic E-state index is -0.675. The molecule has 8 nitrogen and oxygen atoms in total. The van der Waals surface area contributed by atoms with Crippen LogP contribution in [-0.4, -0.2) is 49.3 Å². The third-order valence-corrected chi connectivity index (χ3v) is 2.13. The Morgan fingerprint density at radius 3 is 3.06 bits per heavy atom. The van der Waals surface area contributed by atoms with Crippen molar-refractivity contribution in [3.63, 3.8) is 0 Å². The third-order valence-electron chi connectivity index (χ3n) is 1.74. The Morgan fingerprint density at radius 2 is 2.50 bits per heavy atom. The average Bonchev–Trinajstić information content (AvgIpc) is 2.66. The van der Waals surface area contributed by atoms with Gasteiger partial charge in [-0.05, 0) is 4.92 Å². The molecular weight excluding hydrogens is 282 g/mol. The predicted octanol–water partition coefficient (Wildman–Crippen LogP) is -0.468. The van der Waals surface area contributed by atoms with Gasteiger partial charge in [0.1, 0.15) is 0 Å². The maximum absolute atomic E-state index is 10.3. The number of nitrogens with one attached hydrogen (secondary N) is 1. The van der Waals surface area contributed by atoms with Crippen LogP contribution in [0.15, 0.2) is 6.33 Å². The standard InChI is InChI=1S/C7H12BrN5O3/c8-1-2-9-3-6(14)4-12-5-10-7(11-12)13(15)16/h5-6,9,14H,1-4H2. The van der Waals surface area contributed by atoms with Gasteiger partial charge in [0.05, 0.1) is 12.6 Å². The number of aromatic nitrogens is 3. The highest BCUT2D eigenvalue weighted by Gasteiger charge is 2.15. The summed E-state index contributed by atoms with van der Waals surface area (Å²) in [7, 11) is 0. The summed E-state index contributed by atoms with van der Waals surface area (Å²) in [5.74, 6) is -0.458. The maximum atomic E-state index is 10.3. The van der Waals surface area contributed by atoms with E-state index in [0.717, 1.165) is 11.9 Å². The van der Waals surface area contributed by atoms with Gasteiger partial charge in [-0.3, -0.25) is 0 Å². The second kappa shape index (κ2) is 6.51. The highest BCUT2D eigenvalue weighted by atomic mass is 79.9. The smallest absolute Gasteiger partial charge is 0.390 e. The number of alkyl halides is 1. The normalized spacial score (nSPS) is 12.6. The summed E-state index contributed by atoms with van der Waals surface area (Å²) in [6, 6.07) is 0. The van der Waals surface area contributed by atoms with Crippen LogP contribution < -0.4 is 5.32 Å². The van der Waals surface area contributed by atoms with E-state index in [-0.39, 0.29) is 6.54 Å². The summed E-state index contributed by atoms with van der Waals surface area (Å²) in [4.78, 5) is 13.1. The second-order valence-corrected chi connectivity index (χ2v) is 3.86. The zero-order valence-corrected chi connectivity index (χ0v) is 10.00. The summed E-state index contributed by atoms with van der Waals surface area (Å²) in [6.45, 7) is 1.32. The summed E-state index contributed by atoms with van der Waals surface area (Å²) in [6.07, 6.45) is 0.576. The van der Waals surface area contributed by atoms with Gasteiger partial charge in [-0.1, -0.05) is 20.9 Å². The Kier molecular flexibility index (Phi) is 5.29. The van der Waals surface area contributed by atoms with Crippen LogP contribution in [0.5, 0.6) is 0 Å². The largest absolute Gasteiger partial charge is 0.490 e. The van der Waals surface area contributed by atoms with Gasteiger partial charge in [0.15, 0.2) is 0 Å². The lowest BCUT2D eigenvalue weighted by atomic mass is 10.3. The lowest BCUT2D eigenvalue weighted by Gasteiger charge is -2.08. The van der Waals surface area contributed by atoms with Gasteiger partial charge in [-0.2, -0.15) is 4.68 Å². The van der Waals surface area contributed by atoms with Crippen LogP contribution in [0.2, 0.25) is 0 Å². The number of halogens is 1. The van der Waals surface area contributed by atoms with Crippen molar-refractivity contribution in [1.29, 1.82) is 0 Å². The molecule has 16 heavy (non-hydrogen) atoms. The monoisotopic (exact) mass is 293 g/mol. The van der Waals surface area contributed by atoms with Crippen LogP contribution in [0.25, 0.3) is 0 Å². The van der Waals surface area contributed by atoms with Crippen molar-refractivity contribution in [2.24, 2.45) is 0 Å². The second-order valence-electron chi connectivity index (χ2n) is 3.07. The number of aliphatic hydroxyl groups is 1. The van der Waals surface area contributed by atoms with E-state index in [1.807, 2.05) is 0 Å². The molecule has 0 aliphatic heterocycles. The van der Waals surface area contributed by atoms with Crippen molar-refractivity contribution in [1.82, 2.24) is 20.1 Å². The zero-order valence-electron chi connectivity index (χ0n) is 8.41. The molecule has 0 amide bonds. The van der Waals surface area contributed by atoms with Crippen LogP contribution >= 0.6 is 15.9 Å². The first-order chi connectivity index (χ1) is 7.63. The van der Waals surface area contributed by atoms with Gasteiger partial charge < -0.3 is 20.5 Å². The molecule has 0 aliphatic rings. The molecule has 0 fully saturated rings. The van der Waals surface area contributed by atoms with Gasteiger partial charge in [0, 0.05) is 23.5 Å². The molecule has 1 atom stereocenters. The number of nitrogens with zero attached hydrogens (tertiary/aromatic N) is 4. The highest BCUT2D eigenvalue weighted by Crippen LogP contribution is 2.00. The minimum absolute atomic E-state index is 0.177. The van der Waals surface area contributed by atoms with E-state index in [9.17, 15) is 15.2 Å². The van der Waals surface area contributed by atoms with Gasteiger partial charge in [-0.15, -0.1) is 0 Å². The third kappa shape index (κ3) is 4.21. The summed E-state index contributed by atoms with van der Waals surface area (Å²) in [5.41, 5.74) is 0. The number of aliphatic hydroxyl groups excluding tert-OH is 1. The molecule has 1 rings (SSSR count). The average molecular weight is 294 g/mol. The number of hydrogen-bond donors (Lipinski definition) is 2. The lowest BCUT2D eigenvalue weighted by Crippen LogP contribution is -2.31. The Labute approximate surface area is 99.9 Å². The molecule has 0 bridgehead atoms. The Hall–Kier alpha value is -1.06. The topological polar surface area (TPSA) is 106 Å². The van der Waals surface area contributed by atoms with E-state index in [1.165, 1.54) is 11.0 Å².